The molecule has 0 spiro atoms. The summed E-state index contributed by atoms with van der Waals surface area (Å²) in [5, 5.41) is 0.914. The molecule has 0 rings (SSSR count). The Balaban J connectivity index is 3.34. The van der Waals surface area contributed by atoms with Gasteiger partial charge in [0.1, 0.15) is 0 Å². The summed E-state index contributed by atoms with van der Waals surface area (Å²) in [6, 6.07) is 0. The van der Waals surface area contributed by atoms with E-state index in [9.17, 15) is 0 Å². The fourth-order valence-corrected chi connectivity index (χ4v) is 0.713. The molecule has 54 valence electrons. The van der Waals surface area contributed by atoms with E-state index in [2.05, 4.69) is 41.4 Å². The molecule has 0 bridgehead atoms. The fraction of sp³-hybridized carbons (Fsp3) is 0.714. The highest BCUT2D eigenvalue weighted by Gasteiger charge is 1.94. The van der Waals surface area contributed by atoms with E-state index in [4.69, 9.17) is 0 Å². The molecule has 0 amide bonds. The van der Waals surface area contributed by atoms with Crippen molar-refractivity contribution in [1.29, 1.82) is 0 Å². The van der Waals surface area contributed by atoms with Crippen LogP contribution >= 0.6 is 15.9 Å². The van der Waals surface area contributed by atoms with Crippen LogP contribution in [0.2, 0.25) is 0 Å². The predicted molar refractivity (Wildman–Crippen MR) is 46.1 cm³/mol. The normalized spacial score (nSPS) is 10.2. The first-order valence-electron chi connectivity index (χ1n) is 3.11. The van der Waals surface area contributed by atoms with Gasteiger partial charge >= 0.3 is 0 Å². The van der Waals surface area contributed by atoms with Crippen LogP contribution in [0.15, 0.2) is 12.2 Å². The van der Waals surface area contributed by atoms with Crippen LogP contribution in [0.25, 0.3) is 0 Å². The van der Waals surface area contributed by atoms with Crippen molar-refractivity contribution in [3.63, 3.8) is 0 Å². The van der Waals surface area contributed by atoms with E-state index in [0.717, 1.165) is 18.4 Å². The molecule has 0 aliphatic rings. The highest BCUT2D eigenvalue weighted by Crippen LogP contribution is 1.97. The van der Waals surface area contributed by atoms with Crippen molar-refractivity contribution >= 4 is 15.9 Å². The van der Waals surface area contributed by atoms with Crippen LogP contribution in [0.5, 0.6) is 0 Å². The van der Waals surface area contributed by atoms with Crippen molar-refractivity contribution in [2.24, 2.45) is 0 Å². The Morgan fingerprint density at radius 2 is 2.22 bits per heavy atom. The summed E-state index contributed by atoms with van der Waals surface area (Å²) in [5.41, 5.74) is 1.24. The van der Waals surface area contributed by atoms with Crippen molar-refractivity contribution in [1.82, 2.24) is 4.90 Å². The summed E-state index contributed by atoms with van der Waals surface area (Å²) in [4.78, 5) is 2.23. The van der Waals surface area contributed by atoms with Gasteiger partial charge in [-0.1, -0.05) is 35.0 Å². The molecular formula is C7H14BrN. The van der Waals surface area contributed by atoms with Gasteiger partial charge in [-0.3, -0.25) is 0 Å². The van der Waals surface area contributed by atoms with Gasteiger partial charge in [0.25, 0.3) is 0 Å². The van der Waals surface area contributed by atoms with E-state index in [-0.39, 0.29) is 0 Å². The Kier molecular flexibility index (Phi) is 5.10. The van der Waals surface area contributed by atoms with Crippen LogP contribution < -0.4 is 0 Å². The van der Waals surface area contributed by atoms with Gasteiger partial charge in [-0.25, -0.2) is 0 Å². The Labute approximate surface area is 65.9 Å². The first-order chi connectivity index (χ1) is 4.20. The minimum Gasteiger partial charge on any atom is -0.303 e. The lowest BCUT2D eigenvalue weighted by molar-refractivity contribution is 0.384. The van der Waals surface area contributed by atoms with Crippen molar-refractivity contribution in [3.05, 3.63) is 12.2 Å². The summed E-state index contributed by atoms with van der Waals surface area (Å²) in [6.07, 6.45) is 0. The van der Waals surface area contributed by atoms with Crippen LogP contribution in [0.3, 0.4) is 0 Å². The molecule has 0 heterocycles. The van der Waals surface area contributed by atoms with Crippen molar-refractivity contribution in [2.45, 2.75) is 6.92 Å². The maximum Gasteiger partial charge on any atom is 0.0251 e. The Morgan fingerprint density at radius 3 is 2.56 bits per heavy atom. The molecule has 0 N–H and O–H groups in total. The molecule has 1 nitrogen and oxygen atoms in total. The number of hydrogen-bond acceptors (Lipinski definition) is 1. The van der Waals surface area contributed by atoms with Gasteiger partial charge in [0.2, 0.25) is 0 Å². The van der Waals surface area contributed by atoms with E-state index >= 15 is 0 Å². The molecular weight excluding hydrogens is 178 g/mol. The molecule has 2 heteroatoms. The SMILES string of the molecule is C=C(CBr)CN(C)CC. The highest BCUT2D eigenvalue weighted by molar-refractivity contribution is 9.09. The average Bonchev–Trinajstić information content (AvgIpc) is 1.87. The maximum atomic E-state index is 3.87. The monoisotopic (exact) mass is 191 g/mol. The smallest absolute Gasteiger partial charge is 0.0251 e. The molecule has 0 aliphatic carbocycles. The molecule has 0 fully saturated rings. The van der Waals surface area contributed by atoms with E-state index in [1.807, 2.05) is 0 Å². The lowest BCUT2D eigenvalue weighted by Gasteiger charge is -2.13. The summed E-state index contributed by atoms with van der Waals surface area (Å²) in [7, 11) is 2.09. The van der Waals surface area contributed by atoms with Crippen molar-refractivity contribution in [2.75, 3.05) is 25.5 Å². The van der Waals surface area contributed by atoms with Gasteiger partial charge in [-0.2, -0.15) is 0 Å². The molecule has 0 saturated carbocycles. The van der Waals surface area contributed by atoms with Crippen molar-refractivity contribution < 1.29 is 0 Å². The van der Waals surface area contributed by atoms with Crippen LogP contribution in [0.1, 0.15) is 6.92 Å². The van der Waals surface area contributed by atoms with Gasteiger partial charge < -0.3 is 4.90 Å². The fourth-order valence-electron chi connectivity index (χ4n) is 0.536. The van der Waals surface area contributed by atoms with Gasteiger partial charge in [0.05, 0.1) is 0 Å². The Morgan fingerprint density at radius 1 is 1.67 bits per heavy atom. The molecule has 0 aliphatic heterocycles. The molecule has 0 aromatic rings. The molecule has 0 atom stereocenters. The lowest BCUT2D eigenvalue weighted by Crippen LogP contribution is -2.20. The average molecular weight is 192 g/mol. The van der Waals surface area contributed by atoms with E-state index in [1.54, 1.807) is 0 Å². The molecule has 9 heavy (non-hydrogen) atoms. The topological polar surface area (TPSA) is 3.24 Å². The number of halogens is 1. The number of hydrogen-bond donors (Lipinski definition) is 0. The molecule has 0 saturated heterocycles. The van der Waals surface area contributed by atoms with Gasteiger partial charge in [0, 0.05) is 11.9 Å². The summed E-state index contributed by atoms with van der Waals surface area (Å²) in [6.45, 7) is 8.10. The van der Waals surface area contributed by atoms with Crippen LogP contribution in [-0.4, -0.2) is 30.4 Å². The van der Waals surface area contributed by atoms with Gasteiger partial charge in [0.15, 0.2) is 0 Å². The third-order valence-corrected chi connectivity index (χ3v) is 2.02. The summed E-state index contributed by atoms with van der Waals surface area (Å²) >= 11 is 3.35. The second-order valence-electron chi connectivity index (χ2n) is 2.21. The molecule has 0 unspecified atom stereocenters. The maximum absolute atomic E-state index is 3.87. The Bertz CT molecular complexity index is 90.9. The van der Waals surface area contributed by atoms with Crippen LogP contribution in [0.4, 0.5) is 0 Å². The van der Waals surface area contributed by atoms with Gasteiger partial charge in [-0.15, -0.1) is 0 Å². The van der Waals surface area contributed by atoms with Crippen LogP contribution in [-0.2, 0) is 0 Å². The minimum atomic E-state index is 0.914. The number of alkyl halides is 1. The minimum absolute atomic E-state index is 0.914. The predicted octanol–water partition coefficient (Wildman–Crippen LogP) is 1.89. The third-order valence-electron chi connectivity index (χ3n) is 1.22. The van der Waals surface area contributed by atoms with E-state index < -0.39 is 0 Å². The van der Waals surface area contributed by atoms with Gasteiger partial charge in [-0.05, 0) is 13.6 Å². The third kappa shape index (κ3) is 4.67. The largest absolute Gasteiger partial charge is 0.303 e. The zero-order valence-electron chi connectivity index (χ0n) is 6.15. The molecule has 0 aromatic heterocycles. The van der Waals surface area contributed by atoms with E-state index in [1.165, 1.54) is 5.57 Å². The highest BCUT2D eigenvalue weighted by atomic mass is 79.9. The lowest BCUT2D eigenvalue weighted by atomic mass is 10.3. The number of rotatable bonds is 4. The zero-order chi connectivity index (χ0) is 7.28. The summed E-state index contributed by atoms with van der Waals surface area (Å²) < 4.78 is 0. The Hall–Kier alpha value is 0.180. The number of likely N-dealkylation sites (N-methyl/N-ethyl adjacent to an activating group) is 1. The first kappa shape index (κ1) is 9.18. The van der Waals surface area contributed by atoms with E-state index in [0.29, 0.717) is 0 Å². The second-order valence-corrected chi connectivity index (χ2v) is 2.77. The quantitative estimate of drug-likeness (QED) is 0.485. The first-order valence-corrected chi connectivity index (χ1v) is 4.24. The number of nitrogens with zero attached hydrogens (tertiary/aromatic N) is 1. The summed E-state index contributed by atoms with van der Waals surface area (Å²) in [5.74, 6) is 0. The molecule has 0 radical (unpaired) electrons. The zero-order valence-corrected chi connectivity index (χ0v) is 7.74. The van der Waals surface area contributed by atoms with Crippen molar-refractivity contribution in [3.8, 4) is 0 Å². The second kappa shape index (κ2) is 5.00. The standard InChI is InChI=1S/C7H14BrN/c1-4-9(3)6-7(2)5-8/h2,4-6H2,1,3H3. The molecule has 0 aromatic carbocycles. The van der Waals surface area contributed by atoms with Crippen LogP contribution in [0, 0.1) is 0 Å².